The second kappa shape index (κ2) is 4.02. The molecule has 0 aliphatic rings. The summed E-state index contributed by atoms with van der Waals surface area (Å²) >= 11 is 0. The molecule has 0 aromatic carbocycles. The summed E-state index contributed by atoms with van der Waals surface area (Å²) < 4.78 is 40.6. The minimum atomic E-state index is -4.31. The lowest BCUT2D eigenvalue weighted by atomic mass is 10.2. The lowest BCUT2D eigenvalue weighted by Gasteiger charge is -2.11. The quantitative estimate of drug-likeness (QED) is 0.796. The molecule has 6 heteroatoms. The van der Waals surface area contributed by atoms with Crippen molar-refractivity contribution in [1.29, 1.82) is 0 Å². The molecule has 14 heavy (non-hydrogen) atoms. The van der Waals surface area contributed by atoms with Gasteiger partial charge < -0.3 is 15.3 Å². The van der Waals surface area contributed by atoms with Crippen molar-refractivity contribution >= 4 is 0 Å². The van der Waals surface area contributed by atoms with Crippen molar-refractivity contribution in [3.8, 4) is 0 Å². The summed E-state index contributed by atoms with van der Waals surface area (Å²) in [6.07, 6.45) is -5.45. The van der Waals surface area contributed by atoms with Gasteiger partial charge in [0, 0.05) is 0 Å². The molecule has 3 nitrogen and oxygen atoms in total. The molecule has 0 radical (unpaired) electrons. The summed E-state index contributed by atoms with van der Waals surface area (Å²) in [5, 5.41) is 8.61. The molecule has 0 aliphatic heterocycles. The topological polar surface area (TPSA) is 59.4 Å². The average molecular weight is 209 g/mol. The van der Waals surface area contributed by atoms with Gasteiger partial charge in [-0.05, 0) is 12.1 Å². The maximum absolute atomic E-state index is 11.9. The first-order valence-corrected chi connectivity index (χ1v) is 3.94. The number of rotatable bonds is 3. The smallest absolute Gasteiger partial charge is 0.391 e. The summed E-state index contributed by atoms with van der Waals surface area (Å²) in [7, 11) is 0. The summed E-state index contributed by atoms with van der Waals surface area (Å²) in [6.45, 7) is -0.348. The summed E-state index contributed by atoms with van der Waals surface area (Å²) in [5.74, 6) is 0.240. The van der Waals surface area contributed by atoms with E-state index in [1.807, 2.05) is 0 Å². The Bertz CT molecular complexity index is 295. The van der Waals surface area contributed by atoms with Gasteiger partial charge >= 0.3 is 6.18 Å². The first-order valence-electron chi connectivity index (χ1n) is 3.94. The second-order valence-corrected chi connectivity index (χ2v) is 2.89. The Morgan fingerprint density at radius 2 is 2.07 bits per heavy atom. The van der Waals surface area contributed by atoms with Crippen molar-refractivity contribution < 1.29 is 22.7 Å². The van der Waals surface area contributed by atoms with E-state index in [4.69, 9.17) is 15.3 Å². The molecule has 0 unspecified atom stereocenters. The van der Waals surface area contributed by atoms with Crippen molar-refractivity contribution in [3.63, 3.8) is 0 Å². The van der Waals surface area contributed by atoms with Crippen LogP contribution in [-0.2, 0) is 6.61 Å². The normalized spacial score (nSPS) is 14.4. The fraction of sp³-hybridized carbons (Fsp3) is 0.500. The number of furan rings is 1. The van der Waals surface area contributed by atoms with Crippen LogP contribution in [0.3, 0.4) is 0 Å². The van der Waals surface area contributed by atoms with Crippen LogP contribution in [-0.4, -0.2) is 11.3 Å². The fourth-order valence-electron chi connectivity index (χ4n) is 1.03. The van der Waals surface area contributed by atoms with Gasteiger partial charge in [-0.15, -0.1) is 0 Å². The molecule has 0 saturated heterocycles. The van der Waals surface area contributed by atoms with Crippen LogP contribution in [0.15, 0.2) is 16.5 Å². The number of halogens is 3. The highest BCUT2D eigenvalue weighted by Gasteiger charge is 2.32. The molecule has 80 valence electrons. The third kappa shape index (κ3) is 3.04. The van der Waals surface area contributed by atoms with Gasteiger partial charge in [0.15, 0.2) is 0 Å². The van der Waals surface area contributed by atoms with Gasteiger partial charge in [0.2, 0.25) is 0 Å². The molecular weight excluding hydrogens is 199 g/mol. The van der Waals surface area contributed by atoms with Gasteiger partial charge in [0.05, 0.1) is 12.5 Å². The molecule has 0 bridgehead atoms. The Morgan fingerprint density at radius 3 is 2.50 bits per heavy atom. The average Bonchev–Trinajstić information content (AvgIpc) is 2.48. The van der Waals surface area contributed by atoms with Gasteiger partial charge in [-0.25, -0.2) is 0 Å². The molecule has 0 fully saturated rings. The van der Waals surface area contributed by atoms with Crippen LogP contribution in [0, 0.1) is 0 Å². The van der Waals surface area contributed by atoms with Crippen LogP contribution >= 0.6 is 0 Å². The minimum Gasteiger partial charge on any atom is -0.462 e. The van der Waals surface area contributed by atoms with Gasteiger partial charge in [-0.1, -0.05) is 0 Å². The second-order valence-electron chi connectivity index (χ2n) is 2.89. The molecule has 0 saturated carbocycles. The number of hydrogen-bond donors (Lipinski definition) is 2. The van der Waals surface area contributed by atoms with E-state index in [1.165, 1.54) is 12.1 Å². The molecule has 0 amide bonds. The standard InChI is InChI=1S/C8H10F3NO2/c9-8(10,11)3-6(12)7-2-1-5(4-13)14-7/h1-2,6,13H,3-4,12H2/t6-/m0/s1. The van der Waals surface area contributed by atoms with E-state index in [0.29, 0.717) is 0 Å². The third-order valence-corrected chi connectivity index (χ3v) is 1.66. The predicted molar refractivity (Wildman–Crippen MR) is 42.2 cm³/mol. The van der Waals surface area contributed by atoms with E-state index in [2.05, 4.69) is 0 Å². The lowest BCUT2D eigenvalue weighted by molar-refractivity contribution is -0.139. The van der Waals surface area contributed by atoms with Crippen LogP contribution in [0.2, 0.25) is 0 Å². The molecule has 1 aromatic rings. The first-order chi connectivity index (χ1) is 6.42. The largest absolute Gasteiger partial charge is 0.462 e. The molecule has 1 heterocycles. The number of aliphatic hydroxyl groups is 1. The Labute approximate surface area is 78.3 Å². The van der Waals surface area contributed by atoms with Gasteiger partial charge in [-0.3, -0.25) is 0 Å². The molecule has 0 spiro atoms. The number of aliphatic hydroxyl groups excluding tert-OH is 1. The lowest BCUT2D eigenvalue weighted by Crippen LogP contribution is -2.19. The SMILES string of the molecule is N[C@@H](CC(F)(F)F)c1ccc(CO)o1. The maximum atomic E-state index is 11.9. The molecule has 1 aromatic heterocycles. The summed E-state index contributed by atoms with van der Waals surface area (Å²) in [4.78, 5) is 0. The highest BCUT2D eigenvalue weighted by Crippen LogP contribution is 2.28. The van der Waals surface area contributed by atoms with E-state index >= 15 is 0 Å². The van der Waals surface area contributed by atoms with Crippen LogP contribution in [0.4, 0.5) is 13.2 Å². The number of alkyl halides is 3. The molecular formula is C8H10F3NO2. The summed E-state index contributed by atoms with van der Waals surface area (Å²) in [6, 6.07) is 1.52. The van der Waals surface area contributed by atoms with Gasteiger partial charge in [0.25, 0.3) is 0 Å². The highest BCUT2D eigenvalue weighted by molar-refractivity contribution is 5.10. The monoisotopic (exact) mass is 209 g/mol. The zero-order valence-corrected chi connectivity index (χ0v) is 7.21. The van der Waals surface area contributed by atoms with E-state index in [9.17, 15) is 13.2 Å². The van der Waals surface area contributed by atoms with Crippen molar-refractivity contribution in [2.24, 2.45) is 5.73 Å². The zero-order valence-electron chi connectivity index (χ0n) is 7.21. The molecule has 3 N–H and O–H groups in total. The fourth-order valence-corrected chi connectivity index (χ4v) is 1.03. The Kier molecular flexibility index (Phi) is 3.17. The van der Waals surface area contributed by atoms with E-state index in [1.54, 1.807) is 0 Å². The molecule has 0 aliphatic carbocycles. The van der Waals surface area contributed by atoms with E-state index < -0.39 is 18.6 Å². The van der Waals surface area contributed by atoms with Crippen molar-refractivity contribution in [2.45, 2.75) is 25.2 Å². The Morgan fingerprint density at radius 1 is 1.43 bits per heavy atom. The first kappa shape index (κ1) is 11.1. The maximum Gasteiger partial charge on any atom is 0.391 e. The summed E-state index contributed by atoms with van der Waals surface area (Å²) in [5.41, 5.74) is 5.25. The minimum absolute atomic E-state index is 0.0337. The zero-order chi connectivity index (χ0) is 10.8. The highest BCUT2D eigenvalue weighted by atomic mass is 19.4. The molecule has 1 atom stereocenters. The van der Waals surface area contributed by atoms with Crippen LogP contribution in [0.25, 0.3) is 0 Å². The van der Waals surface area contributed by atoms with Crippen LogP contribution in [0.1, 0.15) is 24.0 Å². The van der Waals surface area contributed by atoms with Gasteiger partial charge in [0.1, 0.15) is 18.1 Å². The van der Waals surface area contributed by atoms with Crippen molar-refractivity contribution in [1.82, 2.24) is 0 Å². The Balaban J connectivity index is 2.65. The third-order valence-electron chi connectivity index (χ3n) is 1.66. The molecule has 1 rings (SSSR count). The van der Waals surface area contributed by atoms with Crippen molar-refractivity contribution in [3.05, 3.63) is 23.7 Å². The number of hydrogen-bond acceptors (Lipinski definition) is 3. The number of nitrogens with two attached hydrogens (primary N) is 1. The van der Waals surface area contributed by atoms with Crippen molar-refractivity contribution in [2.75, 3.05) is 0 Å². The van der Waals surface area contributed by atoms with Gasteiger partial charge in [-0.2, -0.15) is 13.2 Å². The Hall–Kier alpha value is -1.01. The van der Waals surface area contributed by atoms with Crippen LogP contribution < -0.4 is 5.73 Å². The van der Waals surface area contributed by atoms with E-state index in [0.717, 1.165) is 0 Å². The van der Waals surface area contributed by atoms with E-state index in [-0.39, 0.29) is 18.1 Å². The predicted octanol–water partition coefficient (Wildman–Crippen LogP) is 1.72. The van der Waals surface area contributed by atoms with Crippen LogP contribution in [0.5, 0.6) is 0 Å².